The van der Waals surface area contributed by atoms with Gasteiger partial charge in [0.15, 0.2) is 0 Å². The SMILES string of the molecule is Cc1ccnc(NCC(C)(C)CN(C)C)c1C#N. The van der Waals surface area contributed by atoms with Crippen LogP contribution in [-0.2, 0) is 0 Å². The number of aryl methyl sites for hydroxylation is 1. The van der Waals surface area contributed by atoms with E-state index in [4.69, 9.17) is 5.26 Å². The van der Waals surface area contributed by atoms with Gasteiger partial charge in [-0.15, -0.1) is 0 Å². The smallest absolute Gasteiger partial charge is 0.144 e. The third-order valence-corrected chi connectivity index (χ3v) is 2.75. The fourth-order valence-corrected chi connectivity index (χ4v) is 2.07. The molecule has 0 aliphatic rings. The first-order valence-electron chi connectivity index (χ1n) is 6.10. The number of rotatable bonds is 5. The normalized spacial score (nSPS) is 11.4. The zero-order valence-electron chi connectivity index (χ0n) is 11.9. The largest absolute Gasteiger partial charge is 0.368 e. The maximum Gasteiger partial charge on any atom is 0.144 e. The van der Waals surface area contributed by atoms with Gasteiger partial charge in [-0.3, -0.25) is 0 Å². The molecule has 4 heteroatoms. The molecule has 0 spiro atoms. The molecular weight excluding hydrogens is 224 g/mol. The minimum atomic E-state index is 0.127. The van der Waals surface area contributed by atoms with Crippen LogP contribution in [0.1, 0.15) is 25.0 Å². The summed E-state index contributed by atoms with van der Waals surface area (Å²) in [4.78, 5) is 6.41. The molecular formula is C14H22N4. The van der Waals surface area contributed by atoms with Gasteiger partial charge in [-0.05, 0) is 38.1 Å². The Morgan fingerprint density at radius 3 is 2.67 bits per heavy atom. The van der Waals surface area contributed by atoms with Gasteiger partial charge in [-0.2, -0.15) is 5.26 Å². The third kappa shape index (κ3) is 4.01. The molecule has 0 unspecified atom stereocenters. The Morgan fingerprint density at radius 1 is 1.44 bits per heavy atom. The Bertz CT molecular complexity index is 444. The number of pyridine rings is 1. The molecule has 98 valence electrons. The van der Waals surface area contributed by atoms with Crippen molar-refractivity contribution in [3.63, 3.8) is 0 Å². The molecule has 18 heavy (non-hydrogen) atoms. The van der Waals surface area contributed by atoms with Crippen LogP contribution in [0.5, 0.6) is 0 Å². The molecule has 0 aromatic carbocycles. The van der Waals surface area contributed by atoms with Crippen molar-refractivity contribution in [2.45, 2.75) is 20.8 Å². The van der Waals surface area contributed by atoms with Crippen LogP contribution in [0.4, 0.5) is 5.82 Å². The van der Waals surface area contributed by atoms with Crippen LogP contribution in [-0.4, -0.2) is 37.1 Å². The molecule has 0 amide bonds. The minimum Gasteiger partial charge on any atom is -0.368 e. The van der Waals surface area contributed by atoms with Crippen molar-refractivity contribution in [1.82, 2.24) is 9.88 Å². The summed E-state index contributed by atoms with van der Waals surface area (Å²) in [6.45, 7) is 8.09. The molecule has 0 aliphatic carbocycles. The molecule has 0 saturated carbocycles. The lowest BCUT2D eigenvalue weighted by molar-refractivity contribution is 0.254. The van der Waals surface area contributed by atoms with Gasteiger partial charge in [0.2, 0.25) is 0 Å². The summed E-state index contributed by atoms with van der Waals surface area (Å²) in [6.07, 6.45) is 1.73. The van der Waals surface area contributed by atoms with E-state index in [1.807, 2.05) is 13.0 Å². The van der Waals surface area contributed by atoms with Gasteiger partial charge in [0.1, 0.15) is 11.9 Å². The van der Waals surface area contributed by atoms with E-state index in [1.54, 1.807) is 6.20 Å². The number of anilines is 1. The Labute approximate surface area is 110 Å². The number of aromatic nitrogens is 1. The van der Waals surface area contributed by atoms with Crippen LogP contribution in [0.15, 0.2) is 12.3 Å². The number of nitrogens with one attached hydrogen (secondary N) is 1. The highest BCUT2D eigenvalue weighted by Gasteiger charge is 2.19. The molecule has 1 heterocycles. The van der Waals surface area contributed by atoms with Crippen LogP contribution < -0.4 is 5.32 Å². The number of hydrogen-bond acceptors (Lipinski definition) is 4. The first kappa shape index (κ1) is 14.5. The van der Waals surface area contributed by atoms with Gasteiger partial charge in [0.25, 0.3) is 0 Å². The third-order valence-electron chi connectivity index (χ3n) is 2.75. The Kier molecular flexibility index (Phi) is 4.69. The minimum absolute atomic E-state index is 0.127. The molecule has 0 saturated heterocycles. The van der Waals surface area contributed by atoms with Crippen molar-refractivity contribution < 1.29 is 0 Å². The van der Waals surface area contributed by atoms with Gasteiger partial charge >= 0.3 is 0 Å². The Hall–Kier alpha value is -1.60. The highest BCUT2D eigenvalue weighted by molar-refractivity contribution is 5.55. The molecule has 4 nitrogen and oxygen atoms in total. The standard InChI is InChI=1S/C14H22N4/c1-11-6-7-16-13(12(11)8-15)17-9-14(2,3)10-18(4)5/h6-7H,9-10H2,1-5H3,(H,16,17). The van der Waals surface area contributed by atoms with E-state index >= 15 is 0 Å². The molecule has 1 N–H and O–H groups in total. The molecule has 0 radical (unpaired) electrons. The van der Waals surface area contributed by atoms with Crippen molar-refractivity contribution >= 4 is 5.82 Å². The average Bonchev–Trinajstić information content (AvgIpc) is 2.24. The Morgan fingerprint density at radius 2 is 2.11 bits per heavy atom. The number of nitriles is 1. The lowest BCUT2D eigenvalue weighted by Gasteiger charge is -2.28. The van der Waals surface area contributed by atoms with Gasteiger partial charge < -0.3 is 10.2 Å². The van der Waals surface area contributed by atoms with Gasteiger partial charge in [-0.25, -0.2) is 4.98 Å². The predicted molar refractivity (Wildman–Crippen MR) is 74.5 cm³/mol. The second kappa shape index (κ2) is 5.83. The summed E-state index contributed by atoms with van der Waals surface area (Å²) < 4.78 is 0. The van der Waals surface area contributed by atoms with Gasteiger partial charge in [0.05, 0.1) is 5.56 Å². The maximum atomic E-state index is 9.14. The molecule has 1 rings (SSSR count). The zero-order valence-corrected chi connectivity index (χ0v) is 11.9. The molecule has 0 atom stereocenters. The number of nitrogens with zero attached hydrogens (tertiary/aromatic N) is 3. The van der Waals surface area contributed by atoms with Crippen molar-refractivity contribution in [1.29, 1.82) is 5.26 Å². The van der Waals surface area contributed by atoms with Crippen LogP contribution in [0.25, 0.3) is 0 Å². The van der Waals surface area contributed by atoms with E-state index in [0.717, 1.165) is 18.7 Å². The molecule has 0 aliphatic heterocycles. The summed E-state index contributed by atoms with van der Waals surface area (Å²) in [5, 5.41) is 12.4. The topological polar surface area (TPSA) is 52.0 Å². The monoisotopic (exact) mass is 246 g/mol. The van der Waals surface area contributed by atoms with Crippen LogP contribution in [0.3, 0.4) is 0 Å². The summed E-state index contributed by atoms with van der Waals surface area (Å²) in [5.74, 6) is 0.685. The summed E-state index contributed by atoms with van der Waals surface area (Å²) in [5.41, 5.74) is 1.72. The van der Waals surface area contributed by atoms with E-state index < -0.39 is 0 Å². The van der Waals surface area contributed by atoms with Crippen molar-refractivity contribution in [3.05, 3.63) is 23.4 Å². The first-order chi connectivity index (χ1) is 8.35. The Balaban J connectivity index is 2.75. The quantitative estimate of drug-likeness (QED) is 0.866. The van der Waals surface area contributed by atoms with Crippen molar-refractivity contribution in [2.75, 3.05) is 32.5 Å². The fraction of sp³-hybridized carbons (Fsp3) is 0.571. The highest BCUT2D eigenvalue weighted by Crippen LogP contribution is 2.20. The molecule has 0 fully saturated rings. The van der Waals surface area contributed by atoms with E-state index in [2.05, 4.69) is 49.2 Å². The van der Waals surface area contributed by atoms with E-state index in [0.29, 0.717) is 11.4 Å². The molecule has 0 bridgehead atoms. The van der Waals surface area contributed by atoms with Crippen molar-refractivity contribution in [2.24, 2.45) is 5.41 Å². The van der Waals surface area contributed by atoms with Crippen LogP contribution in [0, 0.1) is 23.7 Å². The van der Waals surface area contributed by atoms with Crippen LogP contribution in [0.2, 0.25) is 0 Å². The summed E-state index contributed by atoms with van der Waals surface area (Å²) >= 11 is 0. The second-order valence-electron chi connectivity index (χ2n) is 5.72. The van der Waals surface area contributed by atoms with Gasteiger partial charge in [-0.1, -0.05) is 13.8 Å². The van der Waals surface area contributed by atoms with Gasteiger partial charge in [0, 0.05) is 19.3 Å². The average molecular weight is 246 g/mol. The highest BCUT2D eigenvalue weighted by atomic mass is 15.1. The molecule has 1 aromatic rings. The van der Waals surface area contributed by atoms with Crippen molar-refractivity contribution in [3.8, 4) is 6.07 Å². The predicted octanol–water partition coefficient (Wildman–Crippen LogP) is 2.26. The second-order valence-corrected chi connectivity index (χ2v) is 5.72. The van der Waals surface area contributed by atoms with E-state index in [1.165, 1.54) is 0 Å². The fourth-order valence-electron chi connectivity index (χ4n) is 2.07. The first-order valence-corrected chi connectivity index (χ1v) is 6.10. The molecule has 1 aromatic heterocycles. The van der Waals surface area contributed by atoms with Crippen LogP contribution >= 0.6 is 0 Å². The maximum absolute atomic E-state index is 9.14. The lowest BCUT2D eigenvalue weighted by atomic mass is 9.93. The lowest BCUT2D eigenvalue weighted by Crippen LogP contribution is -2.34. The summed E-state index contributed by atoms with van der Waals surface area (Å²) in [7, 11) is 4.13. The zero-order chi connectivity index (χ0) is 13.8. The van der Waals surface area contributed by atoms with E-state index in [9.17, 15) is 0 Å². The number of hydrogen-bond donors (Lipinski definition) is 1. The summed E-state index contributed by atoms with van der Waals surface area (Å²) in [6, 6.07) is 4.06. The van der Waals surface area contributed by atoms with E-state index in [-0.39, 0.29) is 5.41 Å².